The van der Waals surface area contributed by atoms with E-state index in [4.69, 9.17) is 0 Å². The van der Waals surface area contributed by atoms with E-state index in [2.05, 4.69) is 10.4 Å². The first kappa shape index (κ1) is 12.2. The maximum atomic E-state index is 11.2. The lowest BCUT2D eigenvalue weighted by Gasteiger charge is -2.11. The highest BCUT2D eigenvalue weighted by Gasteiger charge is 2.13. The minimum Gasteiger partial charge on any atom is -0.478 e. The van der Waals surface area contributed by atoms with E-state index >= 15 is 0 Å². The van der Waals surface area contributed by atoms with Gasteiger partial charge in [-0.25, -0.2) is 4.79 Å². The average molecular weight is 245 g/mol. The Bertz CT molecular complexity index is 602. The molecular formula is C13H15N3O2. The van der Waals surface area contributed by atoms with E-state index in [0.29, 0.717) is 5.69 Å². The molecule has 0 unspecified atom stereocenters. The van der Waals surface area contributed by atoms with Crippen LogP contribution in [0.25, 0.3) is 0 Å². The van der Waals surface area contributed by atoms with Crippen LogP contribution in [-0.2, 0) is 7.05 Å². The molecule has 0 aliphatic rings. The van der Waals surface area contributed by atoms with Crippen LogP contribution in [0.2, 0.25) is 0 Å². The van der Waals surface area contributed by atoms with E-state index in [1.807, 2.05) is 33.2 Å². The molecule has 0 fully saturated rings. The van der Waals surface area contributed by atoms with Gasteiger partial charge in [0, 0.05) is 13.2 Å². The molecule has 1 aromatic carbocycles. The lowest BCUT2D eigenvalue weighted by atomic mass is 10.1. The van der Waals surface area contributed by atoms with E-state index in [1.54, 1.807) is 16.8 Å². The summed E-state index contributed by atoms with van der Waals surface area (Å²) in [5.74, 6) is -0.942. The number of hydrogen-bond donors (Lipinski definition) is 2. The molecule has 0 saturated heterocycles. The highest BCUT2D eigenvalue weighted by Crippen LogP contribution is 2.26. The molecule has 2 N–H and O–H groups in total. The second-order valence-electron chi connectivity index (χ2n) is 4.23. The number of rotatable bonds is 3. The van der Waals surface area contributed by atoms with Gasteiger partial charge in [0.05, 0.1) is 22.6 Å². The van der Waals surface area contributed by atoms with Gasteiger partial charge >= 0.3 is 5.97 Å². The number of aryl methyl sites for hydroxylation is 3. The van der Waals surface area contributed by atoms with Crippen molar-refractivity contribution in [2.75, 3.05) is 5.32 Å². The molecule has 0 atom stereocenters. The lowest BCUT2D eigenvalue weighted by Crippen LogP contribution is -2.04. The predicted molar refractivity (Wildman–Crippen MR) is 69.4 cm³/mol. The zero-order valence-corrected chi connectivity index (χ0v) is 10.6. The summed E-state index contributed by atoms with van der Waals surface area (Å²) in [7, 11) is 1.83. The number of aromatic carboxylic acids is 1. The molecule has 1 heterocycles. The molecular weight excluding hydrogens is 230 g/mol. The maximum Gasteiger partial charge on any atom is 0.337 e. The van der Waals surface area contributed by atoms with Gasteiger partial charge in [0.25, 0.3) is 0 Å². The summed E-state index contributed by atoms with van der Waals surface area (Å²) < 4.78 is 1.69. The fraction of sp³-hybridized carbons (Fsp3) is 0.231. The fourth-order valence-corrected chi connectivity index (χ4v) is 1.87. The van der Waals surface area contributed by atoms with Crippen molar-refractivity contribution in [3.05, 3.63) is 41.2 Å². The molecule has 1 aromatic heterocycles. The van der Waals surface area contributed by atoms with Gasteiger partial charge in [0.1, 0.15) is 0 Å². The van der Waals surface area contributed by atoms with Crippen LogP contribution in [0.5, 0.6) is 0 Å². The van der Waals surface area contributed by atoms with Crippen molar-refractivity contribution >= 4 is 17.3 Å². The molecule has 2 rings (SSSR count). The first-order valence-corrected chi connectivity index (χ1v) is 5.59. The third-order valence-electron chi connectivity index (χ3n) is 2.78. The Balaban J connectivity index is 2.45. The van der Waals surface area contributed by atoms with Crippen molar-refractivity contribution < 1.29 is 9.90 Å². The average Bonchev–Trinajstić information content (AvgIpc) is 2.60. The molecule has 5 nitrogen and oxygen atoms in total. The van der Waals surface area contributed by atoms with E-state index < -0.39 is 5.97 Å². The van der Waals surface area contributed by atoms with E-state index in [-0.39, 0.29) is 5.56 Å². The molecule has 5 heteroatoms. The Labute approximate surface area is 105 Å². The van der Waals surface area contributed by atoms with E-state index in [0.717, 1.165) is 16.9 Å². The topological polar surface area (TPSA) is 67.2 Å². The van der Waals surface area contributed by atoms with Crippen LogP contribution < -0.4 is 5.32 Å². The highest BCUT2D eigenvalue weighted by molar-refractivity contribution is 5.96. The molecule has 2 aromatic rings. The number of carbonyl (C=O) groups is 1. The quantitative estimate of drug-likeness (QED) is 0.871. The normalized spacial score (nSPS) is 10.4. The van der Waals surface area contributed by atoms with Gasteiger partial charge in [-0.3, -0.25) is 4.68 Å². The Hall–Kier alpha value is -2.30. The first-order valence-electron chi connectivity index (χ1n) is 5.59. The third-order valence-corrected chi connectivity index (χ3v) is 2.78. The number of aromatic nitrogens is 2. The van der Waals surface area contributed by atoms with Crippen LogP contribution in [-0.4, -0.2) is 20.9 Å². The minimum atomic E-state index is -0.942. The van der Waals surface area contributed by atoms with Gasteiger partial charge in [-0.2, -0.15) is 5.10 Å². The summed E-state index contributed by atoms with van der Waals surface area (Å²) in [6.45, 7) is 3.75. The largest absolute Gasteiger partial charge is 0.478 e. The van der Waals surface area contributed by atoms with Crippen LogP contribution in [0, 0.1) is 13.8 Å². The molecule has 18 heavy (non-hydrogen) atoms. The smallest absolute Gasteiger partial charge is 0.337 e. The zero-order valence-electron chi connectivity index (χ0n) is 10.6. The molecule has 0 amide bonds. The Morgan fingerprint density at radius 3 is 2.67 bits per heavy atom. The van der Waals surface area contributed by atoms with Crippen LogP contribution in [0.15, 0.2) is 24.4 Å². The molecule has 0 aliphatic carbocycles. The summed E-state index contributed by atoms with van der Waals surface area (Å²) in [5.41, 5.74) is 3.41. The van der Waals surface area contributed by atoms with Crippen LogP contribution >= 0.6 is 0 Å². The number of carboxylic acid groups (broad SMARTS) is 1. The number of hydrogen-bond acceptors (Lipinski definition) is 3. The monoisotopic (exact) mass is 245 g/mol. The van der Waals surface area contributed by atoms with Crippen LogP contribution in [0.3, 0.4) is 0 Å². The summed E-state index contributed by atoms with van der Waals surface area (Å²) >= 11 is 0. The summed E-state index contributed by atoms with van der Waals surface area (Å²) in [6.07, 6.45) is 1.83. The van der Waals surface area contributed by atoms with Gasteiger partial charge in [-0.05, 0) is 25.5 Å². The fourth-order valence-electron chi connectivity index (χ4n) is 1.87. The zero-order chi connectivity index (χ0) is 13.3. The Kier molecular flexibility index (Phi) is 3.06. The predicted octanol–water partition coefficient (Wildman–Crippen LogP) is 2.48. The third kappa shape index (κ3) is 2.20. The van der Waals surface area contributed by atoms with Crippen molar-refractivity contribution in [2.45, 2.75) is 13.8 Å². The SMILES string of the molecule is Cc1cccc(C(=O)O)c1Nc1cn(C)nc1C. The Morgan fingerprint density at radius 2 is 2.11 bits per heavy atom. The second-order valence-corrected chi connectivity index (χ2v) is 4.23. The number of carboxylic acids is 1. The van der Waals surface area contributed by atoms with Crippen molar-refractivity contribution in [2.24, 2.45) is 7.05 Å². The van der Waals surface area contributed by atoms with Crippen molar-refractivity contribution in [3.63, 3.8) is 0 Å². The van der Waals surface area contributed by atoms with Crippen molar-refractivity contribution in [3.8, 4) is 0 Å². The number of anilines is 2. The van der Waals surface area contributed by atoms with Gasteiger partial charge in [-0.15, -0.1) is 0 Å². The van der Waals surface area contributed by atoms with Gasteiger partial charge in [0.15, 0.2) is 0 Å². The molecule has 0 saturated carbocycles. The standard InChI is InChI=1S/C13H15N3O2/c1-8-5-4-6-10(13(17)18)12(8)14-11-7-16(3)15-9(11)2/h4-7,14H,1-3H3,(H,17,18). The molecule has 0 radical (unpaired) electrons. The summed E-state index contributed by atoms with van der Waals surface area (Å²) in [4.78, 5) is 11.2. The molecule has 0 bridgehead atoms. The first-order chi connectivity index (χ1) is 8.49. The van der Waals surface area contributed by atoms with Gasteiger partial charge in [-0.1, -0.05) is 12.1 Å². The highest BCUT2D eigenvalue weighted by atomic mass is 16.4. The van der Waals surface area contributed by atoms with Crippen molar-refractivity contribution in [1.29, 1.82) is 0 Å². The molecule has 0 aliphatic heterocycles. The maximum absolute atomic E-state index is 11.2. The summed E-state index contributed by atoms with van der Waals surface area (Å²) in [6, 6.07) is 5.20. The number of nitrogens with zero attached hydrogens (tertiary/aromatic N) is 2. The number of benzene rings is 1. The van der Waals surface area contributed by atoms with Crippen LogP contribution in [0.4, 0.5) is 11.4 Å². The van der Waals surface area contributed by atoms with Gasteiger partial charge in [0.2, 0.25) is 0 Å². The minimum absolute atomic E-state index is 0.262. The van der Waals surface area contributed by atoms with Crippen LogP contribution in [0.1, 0.15) is 21.6 Å². The molecule has 0 spiro atoms. The number of para-hydroxylation sites is 1. The van der Waals surface area contributed by atoms with Gasteiger partial charge < -0.3 is 10.4 Å². The summed E-state index contributed by atoms with van der Waals surface area (Å²) in [5, 5.41) is 16.5. The Morgan fingerprint density at radius 1 is 1.39 bits per heavy atom. The molecule has 94 valence electrons. The van der Waals surface area contributed by atoms with Crippen molar-refractivity contribution in [1.82, 2.24) is 9.78 Å². The lowest BCUT2D eigenvalue weighted by molar-refractivity contribution is 0.0698. The number of nitrogens with one attached hydrogen (secondary N) is 1. The van der Waals surface area contributed by atoms with E-state index in [9.17, 15) is 9.90 Å². The second kappa shape index (κ2) is 4.52. The van der Waals surface area contributed by atoms with E-state index in [1.165, 1.54) is 0 Å².